The number of ketones is 1. The molecule has 2 aromatic heterocycles. The summed E-state index contributed by atoms with van der Waals surface area (Å²) in [5, 5.41) is 2.54. The van der Waals surface area contributed by atoms with Crippen LogP contribution in [0.3, 0.4) is 0 Å². The molecule has 0 aromatic carbocycles. The highest BCUT2D eigenvalue weighted by Crippen LogP contribution is 2.14. The number of carbonyl (C=O) groups excluding carboxylic acids is 2. The Bertz CT molecular complexity index is 574. The fourth-order valence-corrected chi connectivity index (χ4v) is 1.29. The largest absolute Gasteiger partial charge is 0.308 e. The summed E-state index contributed by atoms with van der Waals surface area (Å²) in [7, 11) is 0. The van der Waals surface area contributed by atoms with E-state index in [1.807, 2.05) is 0 Å². The first-order valence-corrected chi connectivity index (χ1v) is 4.63. The van der Waals surface area contributed by atoms with E-state index in [9.17, 15) is 9.59 Å². The van der Waals surface area contributed by atoms with E-state index in [2.05, 4.69) is 25.3 Å². The van der Waals surface area contributed by atoms with Crippen molar-refractivity contribution in [3.63, 3.8) is 0 Å². The number of Topliss-reactive ketones (excluding diaryl/α,β-unsaturated/α-hetero) is 1. The normalized spacial score (nSPS) is 10.4. The van der Waals surface area contributed by atoms with Crippen LogP contribution in [0.2, 0.25) is 0 Å². The predicted molar refractivity (Wildman–Crippen MR) is 54.8 cm³/mol. The van der Waals surface area contributed by atoms with Crippen LogP contribution in [-0.2, 0) is 4.79 Å². The second-order valence-electron chi connectivity index (χ2n) is 3.29. The number of hydrogen-bond donors (Lipinski definition) is 2. The van der Waals surface area contributed by atoms with Crippen molar-refractivity contribution in [3.8, 4) is 0 Å². The molecule has 0 atom stereocenters. The van der Waals surface area contributed by atoms with Crippen LogP contribution in [0.25, 0.3) is 11.2 Å². The molecule has 0 aliphatic heterocycles. The Kier molecular flexibility index (Phi) is 2.35. The first-order chi connectivity index (χ1) is 7.58. The van der Waals surface area contributed by atoms with Crippen molar-refractivity contribution in [2.24, 2.45) is 0 Å². The summed E-state index contributed by atoms with van der Waals surface area (Å²) in [5.41, 5.74) is 1.03. The summed E-state index contributed by atoms with van der Waals surface area (Å²) in [5.74, 6) is -0.164. The van der Waals surface area contributed by atoms with Gasteiger partial charge in [-0.05, 0) is 0 Å². The molecule has 1 amide bonds. The maximum absolute atomic E-state index is 11.2. The molecule has 2 rings (SSSR count). The van der Waals surface area contributed by atoms with Gasteiger partial charge in [-0.1, -0.05) is 4.98 Å². The molecular formula is C9H10N5O2+. The Hall–Kier alpha value is -2.31. The highest BCUT2D eigenvalue weighted by Gasteiger charge is 2.18. The lowest BCUT2D eigenvalue weighted by Crippen LogP contribution is -2.13. The Morgan fingerprint density at radius 3 is 2.75 bits per heavy atom. The summed E-state index contributed by atoms with van der Waals surface area (Å²) < 4.78 is 0. The molecule has 0 fully saturated rings. The van der Waals surface area contributed by atoms with Crippen LogP contribution in [-0.4, -0.2) is 26.6 Å². The van der Waals surface area contributed by atoms with E-state index in [0.29, 0.717) is 17.0 Å². The first-order valence-electron chi connectivity index (χ1n) is 4.63. The molecule has 0 saturated heterocycles. The van der Waals surface area contributed by atoms with E-state index < -0.39 is 0 Å². The maximum Gasteiger partial charge on any atom is 0.305 e. The molecule has 0 radical (unpaired) electrons. The van der Waals surface area contributed by atoms with Crippen molar-refractivity contribution < 1.29 is 14.6 Å². The number of rotatable bonds is 2. The lowest BCUT2D eigenvalue weighted by atomic mass is 10.4. The summed E-state index contributed by atoms with van der Waals surface area (Å²) in [6.45, 7) is 2.74. The van der Waals surface area contributed by atoms with E-state index >= 15 is 0 Å². The number of amides is 1. The lowest BCUT2D eigenvalue weighted by Gasteiger charge is -1.99. The van der Waals surface area contributed by atoms with Gasteiger partial charge in [0.25, 0.3) is 5.82 Å². The number of aromatic amines is 2. The molecule has 2 heterocycles. The van der Waals surface area contributed by atoms with Gasteiger partial charge in [-0.25, -0.2) is 4.98 Å². The second kappa shape index (κ2) is 3.69. The quantitative estimate of drug-likeness (QED) is 0.691. The smallest absolute Gasteiger partial charge is 0.305 e. The van der Waals surface area contributed by atoms with E-state index in [1.54, 1.807) is 6.33 Å². The van der Waals surface area contributed by atoms with Gasteiger partial charge in [0.15, 0.2) is 12.1 Å². The van der Waals surface area contributed by atoms with Crippen LogP contribution >= 0.6 is 0 Å². The molecule has 0 unspecified atom stereocenters. The third kappa shape index (κ3) is 1.74. The number of imidazole rings is 1. The fraction of sp³-hybridized carbons (Fsp3) is 0.222. The van der Waals surface area contributed by atoms with Crippen molar-refractivity contribution in [1.29, 1.82) is 0 Å². The number of anilines is 1. The number of H-pyrrole nitrogens is 2. The van der Waals surface area contributed by atoms with Gasteiger partial charge in [-0.3, -0.25) is 14.6 Å². The van der Waals surface area contributed by atoms with Crippen LogP contribution < -0.4 is 10.3 Å². The third-order valence-electron chi connectivity index (χ3n) is 1.94. The molecule has 0 saturated carbocycles. The van der Waals surface area contributed by atoms with Gasteiger partial charge in [0.1, 0.15) is 0 Å². The molecule has 0 spiro atoms. The van der Waals surface area contributed by atoms with Crippen molar-refractivity contribution in [2.45, 2.75) is 13.8 Å². The molecule has 7 heteroatoms. The van der Waals surface area contributed by atoms with Gasteiger partial charge in [0.05, 0.1) is 0 Å². The van der Waals surface area contributed by atoms with Gasteiger partial charge in [0.2, 0.25) is 17.2 Å². The molecule has 16 heavy (non-hydrogen) atoms. The van der Waals surface area contributed by atoms with Gasteiger partial charge in [-0.2, -0.15) is 4.98 Å². The zero-order chi connectivity index (χ0) is 11.7. The molecule has 82 valence electrons. The van der Waals surface area contributed by atoms with Gasteiger partial charge in [-0.15, -0.1) is 0 Å². The summed E-state index contributed by atoms with van der Waals surface area (Å²) in [6.07, 6.45) is 1.55. The topological polar surface area (TPSA) is 102 Å². The Balaban J connectivity index is 2.63. The predicted octanol–water partition coefficient (Wildman–Crippen LogP) is -0.0670. The number of nitrogens with one attached hydrogen (secondary N) is 3. The number of fused-ring (bicyclic) bond motifs is 1. The Morgan fingerprint density at radius 2 is 2.12 bits per heavy atom. The van der Waals surface area contributed by atoms with Gasteiger partial charge >= 0.3 is 5.65 Å². The summed E-state index contributed by atoms with van der Waals surface area (Å²) in [4.78, 5) is 35.8. The molecule has 0 bridgehead atoms. The molecule has 7 nitrogen and oxygen atoms in total. The Labute approximate surface area is 90.3 Å². The monoisotopic (exact) mass is 220 g/mol. The van der Waals surface area contributed by atoms with Crippen LogP contribution in [0.15, 0.2) is 6.33 Å². The zero-order valence-electron chi connectivity index (χ0n) is 8.79. The van der Waals surface area contributed by atoms with Crippen LogP contribution in [0.1, 0.15) is 24.5 Å². The van der Waals surface area contributed by atoms with Crippen LogP contribution in [0.5, 0.6) is 0 Å². The SMILES string of the molecule is CC(=O)Nc1nc(C(C)=O)nc2[nH+]c[nH]c12. The van der Waals surface area contributed by atoms with E-state index in [4.69, 9.17) is 0 Å². The van der Waals surface area contributed by atoms with Crippen molar-refractivity contribution in [3.05, 3.63) is 12.2 Å². The minimum atomic E-state index is -0.261. The van der Waals surface area contributed by atoms with Crippen LogP contribution in [0, 0.1) is 0 Å². The fourth-order valence-electron chi connectivity index (χ4n) is 1.29. The average molecular weight is 220 g/mol. The standard InChI is InChI=1S/C9H9N5O2/c1-4(15)7-13-8-6(10-3-11-8)9(14-7)12-5(2)16/h3H,1-2H3,(H2,10,11,12,13,14,16)/p+1. The average Bonchev–Trinajstić information content (AvgIpc) is 2.64. The van der Waals surface area contributed by atoms with E-state index in [-0.39, 0.29) is 17.5 Å². The first kappa shape index (κ1) is 10.2. The minimum absolute atomic E-state index is 0.0621. The van der Waals surface area contributed by atoms with Gasteiger partial charge < -0.3 is 5.32 Å². The van der Waals surface area contributed by atoms with E-state index in [1.165, 1.54) is 13.8 Å². The molecule has 0 aliphatic carbocycles. The third-order valence-corrected chi connectivity index (χ3v) is 1.94. The molecule has 0 aliphatic rings. The highest BCUT2D eigenvalue weighted by molar-refractivity contribution is 5.98. The lowest BCUT2D eigenvalue weighted by molar-refractivity contribution is -0.347. The maximum atomic E-state index is 11.2. The second-order valence-corrected chi connectivity index (χ2v) is 3.29. The number of aromatic nitrogens is 4. The molecule has 2 aromatic rings. The number of nitrogens with zero attached hydrogens (tertiary/aromatic N) is 2. The summed E-state index contributed by atoms with van der Waals surface area (Å²) >= 11 is 0. The summed E-state index contributed by atoms with van der Waals surface area (Å²) in [6, 6.07) is 0. The molecule has 3 N–H and O–H groups in total. The van der Waals surface area contributed by atoms with Crippen LogP contribution in [0.4, 0.5) is 5.82 Å². The van der Waals surface area contributed by atoms with Crippen molar-refractivity contribution in [2.75, 3.05) is 5.32 Å². The van der Waals surface area contributed by atoms with Crippen molar-refractivity contribution >= 4 is 28.7 Å². The minimum Gasteiger partial charge on any atom is -0.308 e. The number of hydrogen-bond acceptors (Lipinski definition) is 4. The number of carbonyl (C=O) groups is 2. The highest BCUT2D eigenvalue weighted by atomic mass is 16.1. The van der Waals surface area contributed by atoms with Crippen molar-refractivity contribution in [1.82, 2.24) is 15.0 Å². The van der Waals surface area contributed by atoms with Gasteiger partial charge in [0, 0.05) is 13.8 Å². The molecular weight excluding hydrogens is 210 g/mol. The van der Waals surface area contributed by atoms with E-state index in [0.717, 1.165) is 0 Å². The zero-order valence-corrected chi connectivity index (χ0v) is 8.79. The Morgan fingerprint density at radius 1 is 1.38 bits per heavy atom.